The Kier molecular flexibility index (Phi) is 5.46. The van der Waals surface area contributed by atoms with Gasteiger partial charge in [0.25, 0.3) is 0 Å². The van der Waals surface area contributed by atoms with Crippen LogP contribution in [0.15, 0.2) is 28.7 Å². The lowest BCUT2D eigenvalue weighted by Gasteiger charge is -2.21. The third-order valence-electron chi connectivity index (χ3n) is 4.08. The highest BCUT2D eigenvalue weighted by Crippen LogP contribution is 2.29. The number of rotatable bonds is 5. The quantitative estimate of drug-likeness (QED) is 0.861. The minimum absolute atomic E-state index is 0.0569. The van der Waals surface area contributed by atoms with Gasteiger partial charge in [0.2, 0.25) is 10.0 Å². The highest BCUT2D eigenvalue weighted by molar-refractivity contribution is 9.10. The number of hydrogen-bond acceptors (Lipinski definition) is 3. The second kappa shape index (κ2) is 6.77. The van der Waals surface area contributed by atoms with Gasteiger partial charge in [0.05, 0.1) is 5.25 Å². The first kappa shape index (κ1) is 16.9. The third kappa shape index (κ3) is 4.06. The minimum atomic E-state index is -3.25. The van der Waals surface area contributed by atoms with Crippen LogP contribution in [0.3, 0.4) is 0 Å². The molecule has 0 saturated carbocycles. The van der Waals surface area contributed by atoms with Crippen LogP contribution in [0.25, 0.3) is 0 Å². The number of halogens is 1. The average Bonchev–Trinajstić information content (AvgIpc) is 2.82. The zero-order chi connectivity index (χ0) is 15.6. The maximum atomic E-state index is 12.2. The normalized spacial score (nSPS) is 23.9. The van der Waals surface area contributed by atoms with Crippen molar-refractivity contribution in [2.45, 2.75) is 38.0 Å². The Labute approximate surface area is 136 Å². The molecule has 1 saturated heterocycles. The monoisotopic (exact) mass is 374 g/mol. The fourth-order valence-corrected chi connectivity index (χ4v) is 3.86. The Morgan fingerprint density at radius 3 is 2.43 bits per heavy atom. The Hall–Kier alpha value is -0.430. The molecule has 0 unspecified atom stereocenters. The first-order chi connectivity index (χ1) is 9.83. The molecule has 1 heterocycles. The molecule has 0 aliphatic carbocycles. The molecular formula is C15H23BrN2O2S. The summed E-state index contributed by atoms with van der Waals surface area (Å²) < 4.78 is 28.3. The van der Waals surface area contributed by atoms with Crippen LogP contribution in [0.5, 0.6) is 0 Å². The molecule has 118 valence electrons. The summed E-state index contributed by atoms with van der Waals surface area (Å²) >= 11 is 3.44. The Morgan fingerprint density at radius 1 is 1.29 bits per heavy atom. The first-order valence-electron chi connectivity index (χ1n) is 7.32. The maximum Gasteiger partial charge on any atom is 0.214 e. The van der Waals surface area contributed by atoms with E-state index >= 15 is 0 Å². The summed E-state index contributed by atoms with van der Waals surface area (Å²) in [4.78, 5) is 2.29. The molecule has 0 bridgehead atoms. The summed E-state index contributed by atoms with van der Waals surface area (Å²) in [6, 6.07) is 8.11. The Bertz CT molecular complexity index is 572. The molecule has 1 fully saturated rings. The molecular weight excluding hydrogens is 352 g/mol. The van der Waals surface area contributed by atoms with Gasteiger partial charge in [-0.3, -0.25) is 0 Å². The number of likely N-dealkylation sites (N-methyl/N-ethyl adjacent to an activating group) is 1. The predicted octanol–water partition coefficient (Wildman–Crippen LogP) is 2.56. The molecule has 4 nitrogen and oxygen atoms in total. The number of nitrogens with zero attached hydrogens (tertiary/aromatic N) is 1. The summed E-state index contributed by atoms with van der Waals surface area (Å²) in [6.45, 7) is 8.13. The smallest absolute Gasteiger partial charge is 0.214 e. The van der Waals surface area contributed by atoms with E-state index in [4.69, 9.17) is 0 Å². The van der Waals surface area contributed by atoms with Crippen LogP contribution < -0.4 is 4.72 Å². The topological polar surface area (TPSA) is 49.4 Å². The molecule has 0 radical (unpaired) electrons. The molecule has 1 N–H and O–H groups in total. The van der Waals surface area contributed by atoms with E-state index in [-0.39, 0.29) is 12.0 Å². The van der Waals surface area contributed by atoms with Crippen LogP contribution in [-0.2, 0) is 10.0 Å². The Balaban J connectivity index is 2.22. The van der Waals surface area contributed by atoms with Gasteiger partial charge < -0.3 is 4.90 Å². The number of sulfonamides is 1. The number of nitrogens with one attached hydrogen (secondary N) is 1. The molecule has 0 aromatic heterocycles. The van der Waals surface area contributed by atoms with Gasteiger partial charge in [0.1, 0.15) is 0 Å². The SMILES string of the molecule is CCN1C[C@@H](NS(=O)(=O)C(C)C)[C@H](c2ccc(Br)cc2)C1. The van der Waals surface area contributed by atoms with Crippen molar-refractivity contribution in [2.75, 3.05) is 19.6 Å². The van der Waals surface area contributed by atoms with Crippen molar-refractivity contribution < 1.29 is 8.42 Å². The highest BCUT2D eigenvalue weighted by atomic mass is 79.9. The molecule has 2 atom stereocenters. The van der Waals surface area contributed by atoms with Gasteiger partial charge in [-0.25, -0.2) is 13.1 Å². The van der Waals surface area contributed by atoms with Crippen LogP contribution in [0, 0.1) is 0 Å². The molecule has 1 aromatic carbocycles. The van der Waals surface area contributed by atoms with E-state index in [0.717, 1.165) is 24.1 Å². The van der Waals surface area contributed by atoms with Gasteiger partial charge in [-0.1, -0.05) is 35.0 Å². The average molecular weight is 375 g/mol. The van der Waals surface area contributed by atoms with Crippen LogP contribution >= 0.6 is 15.9 Å². The summed E-state index contributed by atoms with van der Waals surface area (Å²) in [7, 11) is -3.25. The lowest BCUT2D eigenvalue weighted by atomic mass is 9.95. The van der Waals surface area contributed by atoms with E-state index in [1.165, 1.54) is 5.56 Å². The first-order valence-corrected chi connectivity index (χ1v) is 9.66. The van der Waals surface area contributed by atoms with E-state index in [0.29, 0.717) is 0 Å². The fraction of sp³-hybridized carbons (Fsp3) is 0.600. The van der Waals surface area contributed by atoms with E-state index < -0.39 is 15.3 Å². The van der Waals surface area contributed by atoms with Gasteiger partial charge in [-0.05, 0) is 38.1 Å². The Morgan fingerprint density at radius 2 is 1.90 bits per heavy atom. The second-order valence-electron chi connectivity index (χ2n) is 5.83. The van der Waals surface area contributed by atoms with Crippen LogP contribution in [-0.4, -0.2) is 44.2 Å². The number of hydrogen-bond donors (Lipinski definition) is 1. The summed E-state index contributed by atoms with van der Waals surface area (Å²) in [6.07, 6.45) is 0. The van der Waals surface area contributed by atoms with E-state index in [2.05, 4.69) is 44.6 Å². The number of likely N-dealkylation sites (tertiary alicyclic amines) is 1. The minimum Gasteiger partial charge on any atom is -0.301 e. The lowest BCUT2D eigenvalue weighted by molar-refractivity contribution is 0.348. The second-order valence-corrected chi connectivity index (χ2v) is 9.01. The predicted molar refractivity (Wildman–Crippen MR) is 90.0 cm³/mol. The van der Waals surface area contributed by atoms with Crippen LogP contribution in [0.1, 0.15) is 32.3 Å². The van der Waals surface area contributed by atoms with Gasteiger partial charge in [0.15, 0.2) is 0 Å². The van der Waals surface area contributed by atoms with Gasteiger partial charge in [0, 0.05) is 29.5 Å². The van der Waals surface area contributed by atoms with Gasteiger partial charge in [-0.2, -0.15) is 0 Å². The van der Waals surface area contributed by atoms with Crippen LogP contribution in [0.2, 0.25) is 0 Å². The van der Waals surface area contributed by atoms with Gasteiger partial charge >= 0.3 is 0 Å². The molecule has 0 spiro atoms. The highest BCUT2D eigenvalue weighted by Gasteiger charge is 2.36. The van der Waals surface area contributed by atoms with Crippen molar-refractivity contribution in [2.24, 2.45) is 0 Å². The standard InChI is InChI=1S/C15H23BrN2O2S/c1-4-18-9-14(12-5-7-13(16)8-6-12)15(10-18)17-21(19,20)11(2)3/h5-8,11,14-15,17H,4,9-10H2,1-3H3/t14-,15+/m0/s1. The van der Waals surface area contributed by atoms with E-state index in [9.17, 15) is 8.42 Å². The summed E-state index contributed by atoms with van der Waals surface area (Å²) in [5, 5.41) is -0.404. The molecule has 6 heteroatoms. The molecule has 1 aromatic rings. The molecule has 2 rings (SSSR count). The van der Waals surface area contributed by atoms with Crippen molar-refractivity contribution in [1.29, 1.82) is 0 Å². The van der Waals surface area contributed by atoms with E-state index in [1.54, 1.807) is 13.8 Å². The largest absolute Gasteiger partial charge is 0.301 e. The molecule has 0 amide bonds. The zero-order valence-electron chi connectivity index (χ0n) is 12.7. The summed E-state index contributed by atoms with van der Waals surface area (Å²) in [5.41, 5.74) is 1.19. The molecule has 21 heavy (non-hydrogen) atoms. The van der Waals surface area contributed by atoms with Crippen LogP contribution in [0.4, 0.5) is 0 Å². The van der Waals surface area contributed by atoms with Crippen molar-refractivity contribution in [1.82, 2.24) is 9.62 Å². The van der Waals surface area contributed by atoms with Gasteiger partial charge in [-0.15, -0.1) is 0 Å². The molecule has 1 aliphatic rings. The number of benzene rings is 1. The summed E-state index contributed by atoms with van der Waals surface area (Å²) in [5.74, 6) is 0.201. The fourth-order valence-electron chi connectivity index (χ4n) is 2.66. The molecule has 1 aliphatic heterocycles. The van der Waals surface area contributed by atoms with Crippen molar-refractivity contribution in [3.63, 3.8) is 0 Å². The van der Waals surface area contributed by atoms with Crippen molar-refractivity contribution >= 4 is 26.0 Å². The van der Waals surface area contributed by atoms with E-state index in [1.807, 2.05) is 12.1 Å². The zero-order valence-corrected chi connectivity index (χ0v) is 15.1. The maximum absolute atomic E-state index is 12.2. The third-order valence-corrected chi connectivity index (χ3v) is 6.48. The van der Waals surface area contributed by atoms with Crippen molar-refractivity contribution in [3.05, 3.63) is 34.3 Å². The van der Waals surface area contributed by atoms with Crippen molar-refractivity contribution in [3.8, 4) is 0 Å². The lowest BCUT2D eigenvalue weighted by Crippen LogP contribution is -2.42.